The number of halogens is 2. The molecular weight excluding hydrogens is 368 g/mol. The summed E-state index contributed by atoms with van der Waals surface area (Å²) in [5, 5.41) is 2.99. The zero-order chi connectivity index (χ0) is 20.4. The van der Waals surface area contributed by atoms with E-state index in [1.807, 2.05) is 18.3 Å². The van der Waals surface area contributed by atoms with Gasteiger partial charge in [0.05, 0.1) is 0 Å². The van der Waals surface area contributed by atoms with Crippen LogP contribution in [-0.4, -0.2) is 17.2 Å². The van der Waals surface area contributed by atoms with E-state index in [1.165, 1.54) is 34.9 Å². The lowest BCUT2D eigenvalue weighted by atomic mass is 9.93. The minimum atomic E-state index is -0.562. The summed E-state index contributed by atoms with van der Waals surface area (Å²) in [5.74, 6) is -0.551. The fourth-order valence-corrected chi connectivity index (χ4v) is 3.61. The minimum Gasteiger partial charge on any atom is -0.366 e. The fourth-order valence-electron chi connectivity index (χ4n) is 3.61. The summed E-state index contributed by atoms with van der Waals surface area (Å²) in [4.78, 5) is 9.01. The van der Waals surface area contributed by atoms with Crippen LogP contribution in [0.25, 0.3) is 11.1 Å². The van der Waals surface area contributed by atoms with Gasteiger partial charge in [0.15, 0.2) is 0 Å². The lowest BCUT2D eigenvalue weighted by Crippen LogP contribution is -2.05. The Kier molecular flexibility index (Phi) is 5.38. The van der Waals surface area contributed by atoms with Gasteiger partial charge >= 0.3 is 0 Å². The Labute approximate surface area is 169 Å². The minimum absolute atomic E-state index is 0.0101. The molecule has 1 atom stereocenters. The van der Waals surface area contributed by atoms with E-state index in [0.717, 1.165) is 24.0 Å². The fraction of sp³-hybridized carbons (Fsp3) is 0.250. The molecule has 2 aromatic carbocycles. The Bertz CT molecular complexity index is 1040. The van der Waals surface area contributed by atoms with Crippen molar-refractivity contribution in [3.8, 4) is 11.1 Å². The van der Waals surface area contributed by atoms with Crippen molar-refractivity contribution >= 4 is 12.0 Å². The van der Waals surface area contributed by atoms with Crippen LogP contribution in [0.4, 0.5) is 14.6 Å². The molecule has 3 aromatic rings. The van der Waals surface area contributed by atoms with E-state index in [0.29, 0.717) is 11.9 Å². The van der Waals surface area contributed by atoms with E-state index in [-0.39, 0.29) is 12.1 Å². The van der Waals surface area contributed by atoms with Crippen molar-refractivity contribution in [3.63, 3.8) is 0 Å². The molecule has 1 aliphatic heterocycles. The van der Waals surface area contributed by atoms with E-state index in [9.17, 15) is 8.78 Å². The number of benzene rings is 2. The molecule has 29 heavy (non-hydrogen) atoms. The van der Waals surface area contributed by atoms with E-state index < -0.39 is 11.6 Å². The average molecular weight is 391 g/mol. The summed E-state index contributed by atoms with van der Waals surface area (Å²) < 4.78 is 27.5. The molecule has 2 heterocycles. The number of pyridine rings is 1. The van der Waals surface area contributed by atoms with E-state index in [2.05, 4.69) is 41.3 Å². The smallest absolute Gasteiger partial charge is 0.131 e. The highest BCUT2D eigenvalue weighted by molar-refractivity contribution is 5.85. The molecule has 0 aliphatic carbocycles. The number of nitrogens with zero attached hydrogens (tertiary/aromatic N) is 2. The Morgan fingerprint density at radius 3 is 2.62 bits per heavy atom. The van der Waals surface area contributed by atoms with Crippen molar-refractivity contribution in [1.29, 1.82) is 0 Å². The third kappa shape index (κ3) is 4.19. The highest BCUT2D eigenvalue weighted by Gasteiger charge is 2.13. The lowest BCUT2D eigenvalue weighted by molar-refractivity contribution is 0.560. The highest BCUT2D eigenvalue weighted by Crippen LogP contribution is 2.29. The number of aromatic nitrogens is 1. The van der Waals surface area contributed by atoms with Crippen LogP contribution in [0.3, 0.4) is 0 Å². The number of rotatable bonds is 4. The van der Waals surface area contributed by atoms with Gasteiger partial charge in [-0.25, -0.2) is 13.8 Å². The molecule has 1 aliphatic rings. The maximum absolute atomic E-state index is 13.8. The number of nitrogens with one attached hydrogen (secondary N) is 1. The SMILES string of the molecule is Cc1cc2c(cc1-c1ccc(NCc3c(F)cccc3F)nc1)CCC(C)N=C2. The van der Waals surface area contributed by atoms with Crippen molar-refractivity contribution in [1.82, 2.24) is 4.98 Å². The predicted octanol–water partition coefficient (Wildman–Crippen LogP) is 5.70. The topological polar surface area (TPSA) is 37.3 Å². The number of anilines is 1. The molecule has 4 rings (SSSR count). The monoisotopic (exact) mass is 391 g/mol. The van der Waals surface area contributed by atoms with Crippen LogP contribution in [0.2, 0.25) is 0 Å². The second kappa shape index (κ2) is 8.11. The summed E-state index contributed by atoms with van der Waals surface area (Å²) >= 11 is 0. The summed E-state index contributed by atoms with van der Waals surface area (Å²) in [6.45, 7) is 4.27. The molecule has 0 radical (unpaired) electrons. The largest absolute Gasteiger partial charge is 0.366 e. The number of fused-ring (bicyclic) bond motifs is 1. The second-order valence-corrected chi connectivity index (χ2v) is 7.52. The molecule has 3 nitrogen and oxygen atoms in total. The van der Waals surface area contributed by atoms with Gasteiger partial charge in [-0.15, -0.1) is 0 Å². The van der Waals surface area contributed by atoms with Crippen LogP contribution in [0.5, 0.6) is 0 Å². The first-order valence-electron chi connectivity index (χ1n) is 9.81. The Hall–Kier alpha value is -3.08. The van der Waals surface area contributed by atoms with Gasteiger partial charge in [0.1, 0.15) is 17.5 Å². The van der Waals surface area contributed by atoms with Gasteiger partial charge < -0.3 is 5.32 Å². The molecule has 0 spiro atoms. The molecule has 0 saturated heterocycles. The van der Waals surface area contributed by atoms with Crippen molar-refractivity contribution < 1.29 is 8.78 Å². The van der Waals surface area contributed by atoms with Gasteiger partial charge in [0, 0.05) is 36.1 Å². The Morgan fingerprint density at radius 2 is 1.90 bits per heavy atom. The van der Waals surface area contributed by atoms with Gasteiger partial charge in [-0.2, -0.15) is 0 Å². The molecule has 1 aromatic heterocycles. The van der Waals surface area contributed by atoms with E-state index in [4.69, 9.17) is 0 Å². The summed E-state index contributed by atoms with van der Waals surface area (Å²) in [6.07, 6.45) is 5.82. The number of hydrogen-bond acceptors (Lipinski definition) is 3. The highest BCUT2D eigenvalue weighted by atomic mass is 19.1. The van der Waals surface area contributed by atoms with Crippen LogP contribution in [0, 0.1) is 18.6 Å². The first-order chi connectivity index (χ1) is 14.0. The number of aryl methyl sites for hydroxylation is 2. The van der Waals surface area contributed by atoms with E-state index >= 15 is 0 Å². The van der Waals surface area contributed by atoms with Crippen LogP contribution < -0.4 is 5.32 Å². The van der Waals surface area contributed by atoms with Crippen LogP contribution >= 0.6 is 0 Å². The standard InChI is InChI=1S/C24H23F2N3/c1-15-10-19-13-27-16(2)6-7-17(19)11-20(15)18-8-9-24(28-12-18)29-14-21-22(25)4-3-5-23(21)26/h3-5,8-13,16H,6-7,14H2,1-2H3,(H,28,29). The third-order valence-corrected chi connectivity index (χ3v) is 5.37. The van der Waals surface area contributed by atoms with Crippen LogP contribution in [0.1, 0.15) is 35.6 Å². The molecular formula is C24H23F2N3. The molecule has 0 bridgehead atoms. The van der Waals surface area contributed by atoms with Crippen molar-refractivity contribution in [3.05, 3.63) is 82.5 Å². The predicted molar refractivity (Wildman–Crippen MR) is 113 cm³/mol. The van der Waals surface area contributed by atoms with Crippen LogP contribution in [0.15, 0.2) is 53.7 Å². The van der Waals surface area contributed by atoms with Crippen molar-refractivity contribution in [2.45, 2.75) is 39.3 Å². The maximum atomic E-state index is 13.8. The summed E-state index contributed by atoms with van der Waals surface area (Å²) in [5.41, 5.74) is 5.83. The zero-order valence-corrected chi connectivity index (χ0v) is 16.5. The Balaban J connectivity index is 1.53. The molecule has 0 amide bonds. The lowest BCUT2D eigenvalue weighted by Gasteiger charge is -2.12. The Morgan fingerprint density at radius 1 is 1.10 bits per heavy atom. The zero-order valence-electron chi connectivity index (χ0n) is 16.5. The van der Waals surface area contributed by atoms with Gasteiger partial charge in [0.2, 0.25) is 0 Å². The summed E-state index contributed by atoms with van der Waals surface area (Å²) in [6, 6.07) is 12.4. The van der Waals surface area contributed by atoms with E-state index in [1.54, 1.807) is 6.20 Å². The van der Waals surface area contributed by atoms with Crippen molar-refractivity contribution in [2.24, 2.45) is 4.99 Å². The van der Waals surface area contributed by atoms with Gasteiger partial charge in [-0.05, 0) is 79.3 Å². The van der Waals surface area contributed by atoms with Gasteiger partial charge in [0.25, 0.3) is 0 Å². The van der Waals surface area contributed by atoms with Crippen LogP contribution in [-0.2, 0) is 13.0 Å². The first-order valence-corrected chi connectivity index (χ1v) is 9.81. The third-order valence-electron chi connectivity index (χ3n) is 5.37. The average Bonchev–Trinajstić information content (AvgIpc) is 2.89. The molecule has 0 fully saturated rings. The first kappa shape index (κ1) is 19.2. The second-order valence-electron chi connectivity index (χ2n) is 7.52. The van der Waals surface area contributed by atoms with Crippen molar-refractivity contribution in [2.75, 3.05) is 5.32 Å². The molecule has 148 valence electrons. The molecule has 1 N–H and O–H groups in total. The summed E-state index contributed by atoms with van der Waals surface area (Å²) in [7, 11) is 0. The maximum Gasteiger partial charge on any atom is 0.131 e. The van der Waals surface area contributed by atoms with Gasteiger partial charge in [-0.1, -0.05) is 12.1 Å². The number of aliphatic imine (C=N–C) groups is 1. The quantitative estimate of drug-likeness (QED) is 0.619. The molecule has 5 heteroatoms. The number of hydrogen-bond donors (Lipinski definition) is 1. The normalized spacial score (nSPS) is 15.7. The molecule has 1 unspecified atom stereocenters. The molecule has 0 saturated carbocycles. The van der Waals surface area contributed by atoms with Gasteiger partial charge in [-0.3, -0.25) is 4.99 Å².